The maximum Gasteiger partial charge on any atom is 0.197 e. The van der Waals surface area contributed by atoms with E-state index in [-0.39, 0.29) is 11.5 Å². The number of nitrogens with zero attached hydrogens (tertiary/aromatic N) is 1. The molecule has 0 bridgehead atoms. The van der Waals surface area contributed by atoms with Gasteiger partial charge in [0.1, 0.15) is 11.3 Å². The maximum atomic E-state index is 6.15. The predicted molar refractivity (Wildman–Crippen MR) is 76.3 cm³/mol. The first-order chi connectivity index (χ1) is 8.87. The van der Waals surface area contributed by atoms with E-state index in [0.717, 1.165) is 23.3 Å². The van der Waals surface area contributed by atoms with E-state index in [1.54, 1.807) is 7.11 Å². The molecule has 4 nitrogen and oxygen atoms in total. The number of hydrogen-bond donors (Lipinski definition) is 1. The Kier molecular flexibility index (Phi) is 3.80. The highest BCUT2D eigenvalue weighted by molar-refractivity contribution is 5.74. The van der Waals surface area contributed by atoms with Gasteiger partial charge in [0, 0.05) is 18.5 Å². The minimum atomic E-state index is 0.0648. The number of nitrogens with two attached hydrogens (primary N) is 1. The normalized spacial score (nSPS) is 13.7. The van der Waals surface area contributed by atoms with Crippen molar-refractivity contribution in [1.82, 2.24) is 4.98 Å². The van der Waals surface area contributed by atoms with E-state index in [1.807, 2.05) is 18.2 Å². The second kappa shape index (κ2) is 5.21. The monoisotopic (exact) mass is 262 g/mol. The van der Waals surface area contributed by atoms with Crippen LogP contribution in [-0.4, -0.2) is 18.1 Å². The molecule has 104 valence electrons. The third-order valence-corrected chi connectivity index (χ3v) is 2.95. The highest BCUT2D eigenvalue weighted by Gasteiger charge is 2.18. The third-order valence-electron chi connectivity index (χ3n) is 2.95. The van der Waals surface area contributed by atoms with Gasteiger partial charge < -0.3 is 14.9 Å². The van der Waals surface area contributed by atoms with Gasteiger partial charge in [-0.2, -0.15) is 0 Å². The van der Waals surface area contributed by atoms with E-state index in [2.05, 4.69) is 25.8 Å². The van der Waals surface area contributed by atoms with Crippen LogP contribution in [0.25, 0.3) is 11.1 Å². The molecule has 1 heterocycles. The molecule has 0 spiro atoms. The van der Waals surface area contributed by atoms with Crippen LogP contribution in [0.3, 0.4) is 0 Å². The molecule has 19 heavy (non-hydrogen) atoms. The van der Waals surface area contributed by atoms with Crippen molar-refractivity contribution in [2.75, 3.05) is 7.11 Å². The average Bonchev–Trinajstić information content (AvgIpc) is 2.66. The van der Waals surface area contributed by atoms with Crippen molar-refractivity contribution in [3.63, 3.8) is 0 Å². The van der Waals surface area contributed by atoms with Gasteiger partial charge in [-0.05, 0) is 24.0 Å². The van der Waals surface area contributed by atoms with Gasteiger partial charge in [-0.25, -0.2) is 4.98 Å². The molecule has 4 heteroatoms. The van der Waals surface area contributed by atoms with E-state index < -0.39 is 0 Å². The molecule has 0 radical (unpaired) electrons. The zero-order chi connectivity index (χ0) is 14.0. The number of fused-ring (bicyclic) bond motifs is 1. The van der Waals surface area contributed by atoms with Crippen LogP contribution < -0.4 is 10.5 Å². The van der Waals surface area contributed by atoms with Crippen LogP contribution in [0, 0.1) is 5.41 Å². The van der Waals surface area contributed by atoms with Crippen molar-refractivity contribution in [3.05, 3.63) is 24.1 Å². The van der Waals surface area contributed by atoms with Crippen LogP contribution in [0.1, 0.15) is 33.1 Å². The molecule has 0 saturated carbocycles. The van der Waals surface area contributed by atoms with Gasteiger partial charge in [-0.1, -0.05) is 20.8 Å². The molecule has 2 N–H and O–H groups in total. The number of hydrogen-bond acceptors (Lipinski definition) is 4. The standard InChI is InChI=1S/C15H22N2O2/c1-15(2,3)9-10(16)7-14-17-12-8-11(18-4)5-6-13(12)19-14/h5-6,8,10H,7,9,16H2,1-4H3. The molecule has 0 aliphatic carbocycles. The maximum absolute atomic E-state index is 6.15. The SMILES string of the molecule is COc1ccc2oc(CC(N)CC(C)(C)C)nc2c1. The zero-order valence-electron chi connectivity index (χ0n) is 12.1. The van der Waals surface area contributed by atoms with E-state index in [4.69, 9.17) is 14.9 Å². The molecule has 1 aromatic heterocycles. The molecule has 2 aromatic rings. The molecule has 1 unspecified atom stereocenters. The number of oxazole rings is 1. The zero-order valence-corrected chi connectivity index (χ0v) is 12.1. The van der Waals surface area contributed by atoms with Crippen LogP contribution in [0.5, 0.6) is 5.75 Å². The number of ether oxygens (including phenoxy) is 1. The Bertz CT molecular complexity index is 555. The van der Waals surface area contributed by atoms with Gasteiger partial charge >= 0.3 is 0 Å². The summed E-state index contributed by atoms with van der Waals surface area (Å²) in [5.41, 5.74) is 7.96. The van der Waals surface area contributed by atoms with Crippen molar-refractivity contribution in [1.29, 1.82) is 0 Å². The van der Waals surface area contributed by atoms with Crippen molar-refractivity contribution in [2.45, 2.75) is 39.7 Å². The Hall–Kier alpha value is -1.55. The fourth-order valence-electron chi connectivity index (χ4n) is 2.25. The first-order valence-corrected chi connectivity index (χ1v) is 6.56. The van der Waals surface area contributed by atoms with Crippen LogP contribution in [0.4, 0.5) is 0 Å². The summed E-state index contributed by atoms with van der Waals surface area (Å²) in [6.45, 7) is 6.55. The highest BCUT2D eigenvalue weighted by atomic mass is 16.5. The highest BCUT2D eigenvalue weighted by Crippen LogP contribution is 2.24. The van der Waals surface area contributed by atoms with Crippen LogP contribution in [0.15, 0.2) is 22.6 Å². The largest absolute Gasteiger partial charge is 0.497 e. The minimum absolute atomic E-state index is 0.0648. The van der Waals surface area contributed by atoms with Gasteiger partial charge in [-0.15, -0.1) is 0 Å². The summed E-state index contributed by atoms with van der Waals surface area (Å²) in [4.78, 5) is 4.46. The molecule has 0 amide bonds. The fraction of sp³-hybridized carbons (Fsp3) is 0.533. The van der Waals surface area contributed by atoms with Crippen LogP contribution >= 0.6 is 0 Å². The Morgan fingerprint density at radius 2 is 2.11 bits per heavy atom. The summed E-state index contributed by atoms with van der Waals surface area (Å²) < 4.78 is 10.9. The second-order valence-electron chi connectivity index (χ2n) is 6.17. The number of methoxy groups -OCH3 is 1. The molecule has 2 rings (SSSR count). The van der Waals surface area contributed by atoms with Crippen molar-refractivity contribution < 1.29 is 9.15 Å². The molecular weight excluding hydrogens is 240 g/mol. The summed E-state index contributed by atoms with van der Waals surface area (Å²) in [7, 11) is 1.64. The number of rotatable bonds is 4. The smallest absolute Gasteiger partial charge is 0.197 e. The molecule has 0 aliphatic rings. The van der Waals surface area contributed by atoms with Gasteiger partial charge in [-0.3, -0.25) is 0 Å². The first-order valence-electron chi connectivity index (χ1n) is 6.56. The summed E-state index contributed by atoms with van der Waals surface area (Å²) in [6.07, 6.45) is 1.60. The van der Waals surface area contributed by atoms with Crippen molar-refractivity contribution in [3.8, 4) is 5.75 Å². The summed E-state index contributed by atoms with van der Waals surface area (Å²) >= 11 is 0. The lowest BCUT2D eigenvalue weighted by atomic mass is 9.87. The number of benzene rings is 1. The Morgan fingerprint density at radius 1 is 1.37 bits per heavy atom. The number of aromatic nitrogens is 1. The Labute approximate surface area is 114 Å². The van der Waals surface area contributed by atoms with Crippen LogP contribution in [-0.2, 0) is 6.42 Å². The lowest BCUT2D eigenvalue weighted by Gasteiger charge is -2.22. The summed E-state index contributed by atoms with van der Waals surface area (Å²) in [6, 6.07) is 5.68. The van der Waals surface area contributed by atoms with Gasteiger partial charge in [0.05, 0.1) is 7.11 Å². The van der Waals surface area contributed by atoms with E-state index in [1.165, 1.54) is 0 Å². The molecule has 0 aliphatic heterocycles. The quantitative estimate of drug-likeness (QED) is 0.919. The summed E-state index contributed by atoms with van der Waals surface area (Å²) in [5, 5.41) is 0. The van der Waals surface area contributed by atoms with E-state index in [9.17, 15) is 0 Å². The lowest BCUT2D eigenvalue weighted by Crippen LogP contribution is -2.28. The van der Waals surface area contributed by atoms with E-state index in [0.29, 0.717) is 12.3 Å². The fourth-order valence-corrected chi connectivity index (χ4v) is 2.25. The Morgan fingerprint density at radius 3 is 2.74 bits per heavy atom. The third kappa shape index (κ3) is 3.70. The van der Waals surface area contributed by atoms with Gasteiger partial charge in [0.25, 0.3) is 0 Å². The second-order valence-corrected chi connectivity index (χ2v) is 6.17. The molecule has 1 atom stereocenters. The molecular formula is C15H22N2O2. The van der Waals surface area contributed by atoms with Gasteiger partial charge in [0.15, 0.2) is 11.5 Å². The van der Waals surface area contributed by atoms with Crippen molar-refractivity contribution >= 4 is 11.1 Å². The van der Waals surface area contributed by atoms with Gasteiger partial charge in [0.2, 0.25) is 0 Å². The minimum Gasteiger partial charge on any atom is -0.497 e. The van der Waals surface area contributed by atoms with E-state index >= 15 is 0 Å². The summed E-state index contributed by atoms with van der Waals surface area (Å²) in [5.74, 6) is 1.48. The molecule has 0 saturated heterocycles. The predicted octanol–water partition coefficient (Wildman–Crippen LogP) is 3.14. The Balaban J connectivity index is 2.13. The lowest BCUT2D eigenvalue weighted by molar-refractivity contribution is 0.329. The topological polar surface area (TPSA) is 61.3 Å². The first kappa shape index (κ1) is 13.9. The van der Waals surface area contributed by atoms with Crippen molar-refractivity contribution in [2.24, 2.45) is 11.1 Å². The average molecular weight is 262 g/mol. The molecule has 1 aromatic carbocycles. The van der Waals surface area contributed by atoms with Crippen LogP contribution in [0.2, 0.25) is 0 Å². The molecule has 0 fully saturated rings.